The lowest BCUT2D eigenvalue weighted by Crippen LogP contribution is -2.00. The molecular formula is C9H9BrO2S. The van der Waals surface area contributed by atoms with Crippen molar-refractivity contribution in [3.63, 3.8) is 0 Å². The van der Waals surface area contributed by atoms with Crippen molar-refractivity contribution in [1.82, 2.24) is 0 Å². The Morgan fingerprint density at radius 3 is 3.00 bits per heavy atom. The minimum Gasteiger partial charge on any atom is -0.481 e. The number of hydrogen-bond acceptors (Lipinski definition) is 2. The van der Waals surface area contributed by atoms with E-state index in [4.69, 9.17) is 5.11 Å². The summed E-state index contributed by atoms with van der Waals surface area (Å²) in [5.41, 5.74) is 0. The minimum absolute atomic E-state index is 0.0825. The molecule has 0 amide bonds. The lowest BCUT2D eigenvalue weighted by molar-refractivity contribution is -0.138. The third kappa shape index (κ3) is 2.11. The van der Waals surface area contributed by atoms with E-state index in [2.05, 4.69) is 22.0 Å². The number of carboxylic acid groups (broad SMARTS) is 1. The Kier molecular flexibility index (Phi) is 2.43. The first-order valence-corrected chi connectivity index (χ1v) is 5.80. The van der Waals surface area contributed by atoms with Crippen molar-refractivity contribution in [2.24, 2.45) is 11.8 Å². The Morgan fingerprint density at radius 1 is 1.77 bits per heavy atom. The Morgan fingerprint density at radius 2 is 2.54 bits per heavy atom. The van der Waals surface area contributed by atoms with Crippen LogP contribution in [-0.2, 0) is 11.2 Å². The molecule has 4 heteroatoms. The highest BCUT2D eigenvalue weighted by atomic mass is 79.9. The Labute approximate surface area is 88.7 Å². The summed E-state index contributed by atoms with van der Waals surface area (Å²) in [5, 5.41) is 10.7. The maximum Gasteiger partial charge on any atom is 0.306 e. The number of carboxylic acids is 1. The highest BCUT2D eigenvalue weighted by Gasteiger charge is 2.42. The summed E-state index contributed by atoms with van der Waals surface area (Å²) in [6.45, 7) is 0. The van der Waals surface area contributed by atoms with Gasteiger partial charge in [0.05, 0.1) is 5.92 Å². The van der Waals surface area contributed by atoms with Gasteiger partial charge in [0.15, 0.2) is 0 Å². The molecule has 1 aromatic rings. The molecule has 2 nitrogen and oxygen atoms in total. The topological polar surface area (TPSA) is 37.3 Å². The van der Waals surface area contributed by atoms with Crippen molar-refractivity contribution in [1.29, 1.82) is 0 Å². The first-order chi connectivity index (χ1) is 6.16. The van der Waals surface area contributed by atoms with E-state index in [-0.39, 0.29) is 5.92 Å². The van der Waals surface area contributed by atoms with Gasteiger partial charge in [-0.15, -0.1) is 11.3 Å². The van der Waals surface area contributed by atoms with Gasteiger partial charge in [-0.2, -0.15) is 0 Å². The maximum absolute atomic E-state index is 10.6. The van der Waals surface area contributed by atoms with Crippen LogP contribution in [0.3, 0.4) is 0 Å². The minimum atomic E-state index is -0.638. The second-order valence-corrected chi connectivity index (χ2v) is 5.29. The van der Waals surface area contributed by atoms with Crippen LogP contribution in [0.1, 0.15) is 11.3 Å². The molecule has 1 aromatic heterocycles. The van der Waals surface area contributed by atoms with Gasteiger partial charge >= 0.3 is 5.97 Å². The molecule has 1 heterocycles. The summed E-state index contributed by atoms with van der Waals surface area (Å²) in [4.78, 5) is 11.8. The van der Waals surface area contributed by atoms with E-state index in [0.29, 0.717) is 5.92 Å². The molecule has 0 saturated heterocycles. The summed E-state index contributed by atoms with van der Waals surface area (Å²) in [5.74, 6) is -0.343. The molecule has 0 aromatic carbocycles. The first kappa shape index (κ1) is 9.21. The number of rotatable bonds is 3. The van der Waals surface area contributed by atoms with Gasteiger partial charge in [0.25, 0.3) is 0 Å². The summed E-state index contributed by atoms with van der Waals surface area (Å²) >= 11 is 5.07. The van der Waals surface area contributed by atoms with E-state index in [1.807, 2.05) is 5.38 Å². The second kappa shape index (κ2) is 3.42. The first-order valence-electron chi connectivity index (χ1n) is 4.12. The third-order valence-electron chi connectivity index (χ3n) is 2.32. The van der Waals surface area contributed by atoms with Crippen LogP contribution in [0.2, 0.25) is 0 Å². The Balaban J connectivity index is 1.91. The van der Waals surface area contributed by atoms with Gasteiger partial charge in [-0.1, -0.05) is 0 Å². The molecule has 13 heavy (non-hydrogen) atoms. The summed E-state index contributed by atoms with van der Waals surface area (Å²) in [6.07, 6.45) is 1.78. The molecule has 0 bridgehead atoms. The lowest BCUT2D eigenvalue weighted by atomic mass is 10.2. The molecule has 0 spiro atoms. The standard InChI is InChI=1S/C9H9BrO2S/c10-6-3-7(13-4-6)1-5-2-8(5)9(11)12/h3-5,8H,1-2H2,(H,11,12). The molecule has 0 radical (unpaired) electrons. The van der Waals surface area contributed by atoms with Crippen LogP contribution in [0.15, 0.2) is 15.9 Å². The van der Waals surface area contributed by atoms with Crippen molar-refractivity contribution in [3.8, 4) is 0 Å². The fourth-order valence-corrected chi connectivity index (χ4v) is 3.04. The molecule has 1 fully saturated rings. The fourth-order valence-electron chi connectivity index (χ4n) is 1.49. The van der Waals surface area contributed by atoms with Crippen molar-refractivity contribution >= 4 is 33.2 Å². The van der Waals surface area contributed by atoms with Gasteiger partial charge in [0.2, 0.25) is 0 Å². The Hall–Kier alpha value is -0.350. The van der Waals surface area contributed by atoms with Gasteiger partial charge in [0, 0.05) is 14.7 Å². The van der Waals surface area contributed by atoms with Gasteiger partial charge in [0.1, 0.15) is 0 Å². The van der Waals surface area contributed by atoms with E-state index in [0.717, 1.165) is 17.3 Å². The summed E-state index contributed by atoms with van der Waals surface area (Å²) < 4.78 is 1.10. The number of thiophene rings is 1. The van der Waals surface area contributed by atoms with E-state index in [9.17, 15) is 4.79 Å². The van der Waals surface area contributed by atoms with Crippen molar-refractivity contribution in [2.75, 3.05) is 0 Å². The second-order valence-electron chi connectivity index (χ2n) is 3.38. The number of halogens is 1. The van der Waals surface area contributed by atoms with Crippen LogP contribution in [0.4, 0.5) is 0 Å². The smallest absolute Gasteiger partial charge is 0.306 e. The van der Waals surface area contributed by atoms with Crippen molar-refractivity contribution in [2.45, 2.75) is 12.8 Å². The van der Waals surface area contributed by atoms with Crippen LogP contribution in [0.5, 0.6) is 0 Å². The van der Waals surface area contributed by atoms with Crippen LogP contribution in [0.25, 0.3) is 0 Å². The molecule has 0 aliphatic heterocycles. The normalized spacial score (nSPS) is 25.9. The monoisotopic (exact) mass is 260 g/mol. The van der Waals surface area contributed by atoms with Gasteiger partial charge < -0.3 is 5.11 Å². The van der Waals surface area contributed by atoms with Gasteiger partial charge in [-0.05, 0) is 40.8 Å². The zero-order valence-corrected chi connectivity index (χ0v) is 9.27. The lowest BCUT2D eigenvalue weighted by Gasteiger charge is -1.92. The highest BCUT2D eigenvalue weighted by Crippen LogP contribution is 2.42. The number of carbonyl (C=O) groups is 1. The largest absolute Gasteiger partial charge is 0.481 e. The van der Waals surface area contributed by atoms with E-state index in [1.54, 1.807) is 11.3 Å². The average Bonchev–Trinajstić information content (AvgIpc) is 2.69. The highest BCUT2D eigenvalue weighted by molar-refractivity contribution is 9.10. The van der Waals surface area contributed by atoms with Crippen LogP contribution in [-0.4, -0.2) is 11.1 Å². The molecule has 2 atom stereocenters. The van der Waals surface area contributed by atoms with Crippen molar-refractivity contribution < 1.29 is 9.90 Å². The van der Waals surface area contributed by atoms with E-state index >= 15 is 0 Å². The predicted molar refractivity (Wildman–Crippen MR) is 55.0 cm³/mol. The molecule has 70 valence electrons. The predicted octanol–water partition coefficient (Wildman–Crippen LogP) is 2.77. The SMILES string of the molecule is O=C(O)C1CC1Cc1cc(Br)cs1. The molecular weight excluding hydrogens is 252 g/mol. The fraction of sp³-hybridized carbons (Fsp3) is 0.444. The van der Waals surface area contributed by atoms with Crippen LogP contribution in [0, 0.1) is 11.8 Å². The van der Waals surface area contributed by atoms with Gasteiger partial charge in [-0.3, -0.25) is 4.79 Å². The van der Waals surface area contributed by atoms with Crippen LogP contribution < -0.4 is 0 Å². The third-order valence-corrected chi connectivity index (χ3v) is 4.04. The van der Waals surface area contributed by atoms with Gasteiger partial charge in [-0.25, -0.2) is 0 Å². The van der Waals surface area contributed by atoms with Crippen LogP contribution >= 0.6 is 27.3 Å². The number of hydrogen-bond donors (Lipinski definition) is 1. The molecule has 2 rings (SSSR count). The Bertz CT molecular complexity index is 334. The molecule has 1 N–H and O–H groups in total. The summed E-state index contributed by atoms with van der Waals surface area (Å²) in [7, 11) is 0. The molecule has 1 aliphatic carbocycles. The maximum atomic E-state index is 10.6. The average molecular weight is 261 g/mol. The van der Waals surface area contributed by atoms with E-state index in [1.165, 1.54) is 4.88 Å². The molecule has 2 unspecified atom stereocenters. The number of aliphatic carboxylic acids is 1. The van der Waals surface area contributed by atoms with E-state index < -0.39 is 5.97 Å². The van der Waals surface area contributed by atoms with Crippen molar-refractivity contribution in [3.05, 3.63) is 20.8 Å². The summed E-state index contributed by atoms with van der Waals surface area (Å²) in [6, 6.07) is 2.07. The molecule has 1 saturated carbocycles. The molecule has 1 aliphatic rings. The quantitative estimate of drug-likeness (QED) is 0.908. The zero-order chi connectivity index (χ0) is 9.42. The zero-order valence-electron chi connectivity index (χ0n) is 6.87.